The van der Waals surface area contributed by atoms with E-state index in [4.69, 9.17) is 12.2 Å². The van der Waals surface area contributed by atoms with Gasteiger partial charge in [0.1, 0.15) is 0 Å². The van der Waals surface area contributed by atoms with Crippen LogP contribution >= 0.6 is 51.2 Å². The van der Waals surface area contributed by atoms with Gasteiger partial charge < -0.3 is 10.2 Å². The van der Waals surface area contributed by atoms with Crippen molar-refractivity contribution in [1.29, 1.82) is 0 Å². The summed E-state index contributed by atoms with van der Waals surface area (Å²) in [6.07, 6.45) is 1.80. The largest absolute Gasteiger partial charge is 0.351 e. The number of nitro benzene ring substituents is 1. The normalized spacial score (nSPS) is 17.6. The Kier molecular flexibility index (Phi) is 6.64. The summed E-state index contributed by atoms with van der Waals surface area (Å²) < 4.78 is 1.06. The molecule has 0 spiro atoms. The number of benzene rings is 2. The first-order chi connectivity index (χ1) is 16.5. The molecule has 0 radical (unpaired) electrons. The molecule has 6 nitrogen and oxygen atoms in total. The highest BCUT2D eigenvalue weighted by Crippen LogP contribution is 2.44. The lowest BCUT2D eigenvalue weighted by Gasteiger charge is -2.27. The molecule has 0 bridgehead atoms. The van der Waals surface area contributed by atoms with Crippen LogP contribution in [0.1, 0.15) is 22.7 Å². The molecule has 34 heavy (non-hydrogen) atoms. The Hall–Kier alpha value is -2.79. The Labute approximate surface area is 218 Å². The van der Waals surface area contributed by atoms with E-state index in [0.29, 0.717) is 5.11 Å². The zero-order valence-electron chi connectivity index (χ0n) is 17.5. The number of nitrogens with zero attached hydrogens (tertiary/aromatic N) is 3. The van der Waals surface area contributed by atoms with Crippen molar-refractivity contribution in [2.75, 3.05) is 4.90 Å². The third-order valence-corrected chi connectivity index (χ3v) is 8.41. The molecule has 5 rings (SSSR count). The van der Waals surface area contributed by atoms with Gasteiger partial charge in [-0.3, -0.25) is 15.1 Å². The third-order valence-electron chi connectivity index (χ3n) is 5.38. The zero-order chi connectivity index (χ0) is 23.7. The number of hydrogen-bond donors (Lipinski definition) is 1. The lowest BCUT2D eigenvalue weighted by Crippen LogP contribution is -2.29. The fourth-order valence-electron chi connectivity index (χ4n) is 3.86. The van der Waals surface area contributed by atoms with Crippen LogP contribution in [0.25, 0.3) is 0 Å². The monoisotopic (exact) mass is 568 g/mol. The van der Waals surface area contributed by atoms with E-state index in [1.807, 2.05) is 30.3 Å². The zero-order valence-corrected chi connectivity index (χ0v) is 21.5. The summed E-state index contributed by atoms with van der Waals surface area (Å²) in [4.78, 5) is 20.4. The van der Waals surface area contributed by atoms with E-state index in [1.165, 1.54) is 17.0 Å². The minimum atomic E-state index is -0.392. The number of hydrogen-bond acceptors (Lipinski definition) is 6. The Morgan fingerprint density at radius 1 is 1.03 bits per heavy atom. The van der Waals surface area contributed by atoms with Crippen LogP contribution in [-0.2, 0) is 0 Å². The van der Waals surface area contributed by atoms with Crippen LogP contribution in [0, 0.1) is 10.1 Å². The first-order valence-corrected chi connectivity index (χ1v) is 13.1. The number of rotatable bonds is 6. The predicted molar refractivity (Wildman–Crippen MR) is 144 cm³/mol. The highest BCUT2D eigenvalue weighted by atomic mass is 79.9. The number of nitro groups is 1. The van der Waals surface area contributed by atoms with Gasteiger partial charge in [-0.05, 0) is 88.8 Å². The Balaban J connectivity index is 1.43. The Bertz CT molecular complexity index is 1330. The van der Waals surface area contributed by atoms with E-state index in [0.717, 1.165) is 25.0 Å². The molecule has 1 fully saturated rings. The lowest BCUT2D eigenvalue weighted by atomic mass is 10.0. The maximum Gasteiger partial charge on any atom is 0.269 e. The van der Waals surface area contributed by atoms with Crippen LogP contribution in [0.4, 0.5) is 11.4 Å². The van der Waals surface area contributed by atoms with Gasteiger partial charge in [-0.25, -0.2) is 0 Å². The van der Waals surface area contributed by atoms with E-state index < -0.39 is 4.92 Å². The molecule has 4 aromatic rings. The number of thiophene rings is 1. The summed E-state index contributed by atoms with van der Waals surface area (Å²) in [6, 6.07) is 24.7. The van der Waals surface area contributed by atoms with E-state index in [2.05, 4.69) is 55.4 Å². The highest BCUT2D eigenvalue weighted by molar-refractivity contribution is 9.11. The molecular weight excluding hydrogens is 552 g/mol. The van der Waals surface area contributed by atoms with Crippen LogP contribution in [0.5, 0.6) is 0 Å². The van der Waals surface area contributed by atoms with Crippen molar-refractivity contribution in [1.82, 2.24) is 10.3 Å². The fourth-order valence-corrected chi connectivity index (χ4v) is 6.57. The summed E-state index contributed by atoms with van der Waals surface area (Å²) >= 11 is 12.6. The molecule has 0 aliphatic carbocycles. The molecule has 3 heterocycles. The molecule has 1 aliphatic heterocycles. The van der Waals surface area contributed by atoms with Gasteiger partial charge in [-0.2, -0.15) is 0 Å². The van der Waals surface area contributed by atoms with Crippen molar-refractivity contribution in [2.45, 2.75) is 21.9 Å². The molecule has 0 saturated carbocycles. The molecule has 0 amide bonds. The molecule has 10 heteroatoms. The van der Waals surface area contributed by atoms with Gasteiger partial charge in [0.15, 0.2) is 5.11 Å². The maximum atomic E-state index is 10.9. The van der Waals surface area contributed by atoms with Gasteiger partial charge >= 0.3 is 0 Å². The average Bonchev–Trinajstić information content (AvgIpc) is 3.43. The number of halogens is 1. The predicted octanol–water partition coefficient (Wildman–Crippen LogP) is 7.14. The SMILES string of the molecule is O=[N+]([O-])c1ccc(Sc2ccc(N3C(=S)N[C@H](c4ccccn4)[C@H]3c3ccc(Br)s3)cc2)cc1. The van der Waals surface area contributed by atoms with Gasteiger partial charge in [0.25, 0.3) is 5.69 Å². The van der Waals surface area contributed by atoms with Gasteiger partial charge in [-0.1, -0.05) is 17.8 Å². The smallest absolute Gasteiger partial charge is 0.269 e. The van der Waals surface area contributed by atoms with Crippen molar-refractivity contribution in [3.63, 3.8) is 0 Å². The molecule has 1 N–H and O–H groups in total. The molecular formula is C24H17BrN4O2S3. The number of thiocarbonyl (C=S) groups is 1. The van der Waals surface area contributed by atoms with Crippen molar-refractivity contribution in [3.05, 3.63) is 110 Å². The molecule has 1 saturated heterocycles. The van der Waals surface area contributed by atoms with Gasteiger partial charge in [-0.15, -0.1) is 11.3 Å². The molecule has 2 aromatic heterocycles. The van der Waals surface area contributed by atoms with E-state index in [9.17, 15) is 10.1 Å². The van der Waals surface area contributed by atoms with Crippen molar-refractivity contribution >= 4 is 67.7 Å². The Morgan fingerprint density at radius 3 is 2.32 bits per heavy atom. The lowest BCUT2D eigenvalue weighted by molar-refractivity contribution is -0.384. The van der Waals surface area contributed by atoms with Gasteiger partial charge in [0.05, 0.1) is 26.5 Å². The van der Waals surface area contributed by atoms with Crippen molar-refractivity contribution in [3.8, 4) is 0 Å². The summed E-state index contributed by atoms with van der Waals surface area (Å²) in [7, 11) is 0. The summed E-state index contributed by atoms with van der Waals surface area (Å²) in [5.41, 5.74) is 2.01. The van der Waals surface area contributed by atoms with Crippen LogP contribution in [0.2, 0.25) is 0 Å². The number of anilines is 1. The van der Waals surface area contributed by atoms with Gasteiger partial charge in [0, 0.05) is 38.7 Å². The second kappa shape index (κ2) is 9.83. The summed E-state index contributed by atoms with van der Waals surface area (Å²) in [5, 5.41) is 15.0. The van der Waals surface area contributed by atoms with Crippen LogP contribution in [0.3, 0.4) is 0 Å². The molecule has 1 aliphatic rings. The van der Waals surface area contributed by atoms with Crippen molar-refractivity contribution < 1.29 is 4.92 Å². The molecule has 0 unspecified atom stereocenters. The molecule has 170 valence electrons. The standard InChI is InChI=1S/C24H17BrN4O2S3/c25-21-13-12-20(34-21)23-22(19-3-1-2-14-26-19)27-24(32)28(23)15-4-8-17(9-5-15)33-18-10-6-16(7-11-18)29(30)31/h1-14,22-23H,(H,27,32)/t22-,23-/m1/s1. The van der Waals surface area contributed by atoms with E-state index in [1.54, 1.807) is 41.4 Å². The quantitative estimate of drug-likeness (QED) is 0.150. The van der Waals surface area contributed by atoms with E-state index in [-0.39, 0.29) is 17.8 Å². The van der Waals surface area contributed by atoms with Crippen LogP contribution < -0.4 is 10.2 Å². The number of aromatic nitrogens is 1. The summed E-state index contributed by atoms with van der Waals surface area (Å²) in [6.45, 7) is 0. The van der Waals surface area contributed by atoms with E-state index >= 15 is 0 Å². The number of non-ortho nitro benzene ring substituents is 1. The minimum Gasteiger partial charge on any atom is -0.351 e. The second-order valence-electron chi connectivity index (χ2n) is 7.49. The molecule has 2 aromatic carbocycles. The minimum absolute atomic E-state index is 0.0353. The number of nitrogens with one attached hydrogen (secondary N) is 1. The summed E-state index contributed by atoms with van der Waals surface area (Å²) in [5.74, 6) is 0. The van der Waals surface area contributed by atoms with Crippen LogP contribution in [0.15, 0.2) is 98.6 Å². The third kappa shape index (κ3) is 4.72. The topological polar surface area (TPSA) is 71.3 Å². The van der Waals surface area contributed by atoms with Crippen LogP contribution in [-0.4, -0.2) is 15.0 Å². The first kappa shape index (κ1) is 23.0. The number of pyridine rings is 1. The molecule has 2 atom stereocenters. The Morgan fingerprint density at radius 2 is 1.74 bits per heavy atom. The average molecular weight is 570 g/mol. The van der Waals surface area contributed by atoms with Crippen molar-refractivity contribution in [2.24, 2.45) is 0 Å². The maximum absolute atomic E-state index is 10.9. The fraction of sp³-hybridized carbons (Fsp3) is 0.0833. The second-order valence-corrected chi connectivity index (χ2v) is 11.5. The first-order valence-electron chi connectivity index (χ1n) is 10.3. The highest BCUT2D eigenvalue weighted by Gasteiger charge is 2.41. The van der Waals surface area contributed by atoms with Gasteiger partial charge in [0.2, 0.25) is 0 Å².